The Morgan fingerprint density at radius 2 is 1.81 bits per heavy atom. The normalized spacial score (nSPS) is 11.3. The first-order valence-electron chi connectivity index (χ1n) is 6.18. The van der Waals surface area contributed by atoms with Crippen molar-refractivity contribution in [3.05, 3.63) is 52.2 Å². The third-order valence-corrected chi connectivity index (χ3v) is 3.36. The van der Waals surface area contributed by atoms with E-state index in [4.69, 9.17) is 4.42 Å². The van der Waals surface area contributed by atoms with Crippen molar-refractivity contribution in [1.29, 1.82) is 0 Å². The molecule has 1 heterocycles. The zero-order chi connectivity index (χ0) is 15.4. The Morgan fingerprint density at radius 3 is 2.38 bits per heavy atom. The molecular weight excluding hydrogens is 336 g/mol. The van der Waals surface area contributed by atoms with Crippen molar-refractivity contribution in [2.24, 2.45) is 0 Å². The van der Waals surface area contributed by atoms with Gasteiger partial charge in [0, 0.05) is 10.0 Å². The molecule has 0 N–H and O–H groups in total. The van der Waals surface area contributed by atoms with Crippen LogP contribution in [-0.2, 0) is 14.3 Å². The highest BCUT2D eigenvalue weighted by Crippen LogP contribution is 2.25. The number of ether oxygens (including phenoxy) is 1. The quantitative estimate of drug-likeness (QED) is 0.364. The van der Waals surface area contributed by atoms with Crippen LogP contribution < -0.4 is 0 Å². The first-order chi connectivity index (χ1) is 10.0. The average molecular weight is 349 g/mol. The molecule has 2 rings (SSSR count). The number of esters is 1. The van der Waals surface area contributed by atoms with Gasteiger partial charge in [-0.3, -0.25) is 4.79 Å². The van der Waals surface area contributed by atoms with Crippen LogP contribution in [0.15, 0.2) is 50.9 Å². The van der Waals surface area contributed by atoms with Gasteiger partial charge in [-0.25, -0.2) is 4.79 Å². The molecule has 0 fully saturated rings. The van der Waals surface area contributed by atoms with Gasteiger partial charge in [0.15, 0.2) is 5.78 Å². The summed E-state index contributed by atoms with van der Waals surface area (Å²) < 4.78 is 11.2. The Morgan fingerprint density at radius 1 is 1.14 bits per heavy atom. The summed E-state index contributed by atoms with van der Waals surface area (Å²) in [6, 6.07) is 11.1. The molecule has 2 aromatic rings. The van der Waals surface area contributed by atoms with Crippen LogP contribution in [0.4, 0.5) is 0 Å². The molecule has 4 nitrogen and oxygen atoms in total. The molecule has 21 heavy (non-hydrogen) atoms. The number of ketones is 1. The number of hydrogen-bond acceptors (Lipinski definition) is 4. The predicted molar refractivity (Wildman–Crippen MR) is 82.5 cm³/mol. The Labute approximate surface area is 130 Å². The molecule has 0 amide bonds. The molecule has 0 saturated heterocycles. The molecule has 0 saturated carbocycles. The fraction of sp³-hybridized carbons (Fsp3) is 0.125. The maximum absolute atomic E-state index is 11.5. The van der Waals surface area contributed by atoms with Crippen LogP contribution in [0, 0.1) is 0 Å². The number of halogens is 1. The van der Waals surface area contributed by atoms with Crippen molar-refractivity contribution in [2.75, 3.05) is 7.11 Å². The number of carbonyl (C=O) groups is 2. The van der Waals surface area contributed by atoms with Crippen molar-refractivity contribution in [3.63, 3.8) is 0 Å². The van der Waals surface area contributed by atoms with E-state index in [0.29, 0.717) is 11.5 Å². The Balaban J connectivity index is 2.32. The molecule has 108 valence electrons. The summed E-state index contributed by atoms with van der Waals surface area (Å²) in [6.07, 6.45) is 1.39. The maximum Gasteiger partial charge on any atom is 0.341 e. The summed E-state index contributed by atoms with van der Waals surface area (Å²) in [5, 5.41) is 0. The van der Waals surface area contributed by atoms with Crippen molar-refractivity contribution in [2.45, 2.75) is 6.92 Å². The molecule has 1 aromatic carbocycles. The summed E-state index contributed by atoms with van der Waals surface area (Å²) in [7, 11) is 1.23. The Hall–Kier alpha value is -2.14. The van der Waals surface area contributed by atoms with Gasteiger partial charge in [-0.1, -0.05) is 28.1 Å². The number of methoxy groups -OCH3 is 1. The van der Waals surface area contributed by atoms with E-state index in [2.05, 4.69) is 20.7 Å². The van der Waals surface area contributed by atoms with Gasteiger partial charge in [0.1, 0.15) is 17.1 Å². The average Bonchev–Trinajstić information content (AvgIpc) is 2.93. The lowest BCUT2D eigenvalue weighted by atomic mass is 10.1. The maximum atomic E-state index is 11.5. The van der Waals surface area contributed by atoms with Gasteiger partial charge < -0.3 is 9.15 Å². The monoisotopic (exact) mass is 348 g/mol. The highest BCUT2D eigenvalue weighted by molar-refractivity contribution is 9.10. The number of benzene rings is 1. The molecule has 0 aliphatic heterocycles. The number of rotatable bonds is 4. The summed E-state index contributed by atoms with van der Waals surface area (Å²) in [6.45, 7) is 1.31. The van der Waals surface area contributed by atoms with Crippen molar-refractivity contribution in [1.82, 2.24) is 0 Å². The van der Waals surface area contributed by atoms with E-state index >= 15 is 0 Å². The summed E-state index contributed by atoms with van der Waals surface area (Å²) in [5.74, 6) is 0.0255. The zero-order valence-corrected chi connectivity index (χ0v) is 13.1. The van der Waals surface area contributed by atoms with Gasteiger partial charge >= 0.3 is 5.97 Å². The van der Waals surface area contributed by atoms with E-state index in [1.807, 2.05) is 24.3 Å². The van der Waals surface area contributed by atoms with Crippen LogP contribution >= 0.6 is 15.9 Å². The van der Waals surface area contributed by atoms with Gasteiger partial charge in [-0.2, -0.15) is 0 Å². The fourth-order valence-corrected chi connectivity index (χ4v) is 2.02. The van der Waals surface area contributed by atoms with E-state index in [-0.39, 0.29) is 11.4 Å². The first kappa shape index (κ1) is 15.3. The largest absolute Gasteiger partial charge is 0.465 e. The number of furan rings is 1. The lowest BCUT2D eigenvalue weighted by Crippen LogP contribution is -2.11. The SMILES string of the molecule is COC(=O)/C(=C\c1ccc(-c2ccc(Br)cc2)o1)C(C)=O. The van der Waals surface area contributed by atoms with Gasteiger partial charge in [-0.15, -0.1) is 0 Å². The van der Waals surface area contributed by atoms with Gasteiger partial charge in [-0.05, 0) is 37.3 Å². The number of carbonyl (C=O) groups excluding carboxylic acids is 2. The minimum Gasteiger partial charge on any atom is -0.465 e. The molecule has 0 aliphatic carbocycles. The third-order valence-electron chi connectivity index (χ3n) is 2.83. The van der Waals surface area contributed by atoms with Crippen molar-refractivity contribution in [3.8, 4) is 11.3 Å². The summed E-state index contributed by atoms with van der Waals surface area (Å²) in [4.78, 5) is 23.0. The number of hydrogen-bond donors (Lipinski definition) is 0. The highest BCUT2D eigenvalue weighted by Gasteiger charge is 2.16. The molecule has 0 radical (unpaired) electrons. The van der Waals surface area contributed by atoms with Crippen molar-refractivity contribution >= 4 is 33.8 Å². The molecule has 0 bridgehead atoms. The predicted octanol–water partition coefficient (Wildman–Crippen LogP) is 3.85. The molecule has 5 heteroatoms. The van der Waals surface area contributed by atoms with Crippen molar-refractivity contribution < 1.29 is 18.7 Å². The summed E-state index contributed by atoms with van der Waals surface area (Å²) >= 11 is 3.37. The highest BCUT2D eigenvalue weighted by atomic mass is 79.9. The van der Waals surface area contributed by atoms with Crippen LogP contribution in [0.5, 0.6) is 0 Å². The lowest BCUT2D eigenvalue weighted by Gasteiger charge is -2.00. The fourth-order valence-electron chi connectivity index (χ4n) is 1.76. The van der Waals surface area contributed by atoms with Crippen LogP contribution in [0.3, 0.4) is 0 Å². The second-order valence-electron chi connectivity index (χ2n) is 4.31. The standard InChI is InChI=1S/C16H13BrO4/c1-10(18)14(16(19)20-2)9-13-7-8-15(21-13)11-3-5-12(17)6-4-11/h3-9H,1-2H3/b14-9-. The minimum atomic E-state index is -0.677. The molecule has 0 aliphatic rings. The number of Topliss-reactive ketones (excluding diaryl/α,β-unsaturated/α-hetero) is 1. The van der Waals surface area contributed by atoms with Crippen LogP contribution in [0.2, 0.25) is 0 Å². The second kappa shape index (κ2) is 6.54. The molecule has 0 spiro atoms. The third kappa shape index (κ3) is 3.70. The van der Waals surface area contributed by atoms with Gasteiger partial charge in [0.05, 0.1) is 7.11 Å². The van der Waals surface area contributed by atoms with E-state index in [0.717, 1.165) is 10.0 Å². The van der Waals surface area contributed by atoms with Gasteiger partial charge in [0.2, 0.25) is 0 Å². The van der Waals surface area contributed by atoms with Crippen LogP contribution in [-0.4, -0.2) is 18.9 Å². The molecule has 1 aromatic heterocycles. The topological polar surface area (TPSA) is 56.5 Å². The van der Waals surface area contributed by atoms with E-state index in [9.17, 15) is 9.59 Å². The molecule has 0 atom stereocenters. The van der Waals surface area contributed by atoms with Crippen LogP contribution in [0.1, 0.15) is 12.7 Å². The van der Waals surface area contributed by atoms with E-state index in [1.165, 1.54) is 20.1 Å². The molecular formula is C16H13BrO4. The first-order valence-corrected chi connectivity index (χ1v) is 6.97. The lowest BCUT2D eigenvalue weighted by molar-refractivity contribution is -0.137. The molecule has 0 unspecified atom stereocenters. The van der Waals surface area contributed by atoms with Gasteiger partial charge in [0.25, 0.3) is 0 Å². The summed E-state index contributed by atoms with van der Waals surface area (Å²) in [5.41, 5.74) is 0.856. The second-order valence-corrected chi connectivity index (χ2v) is 5.23. The Kier molecular flexibility index (Phi) is 4.75. The minimum absolute atomic E-state index is 0.0470. The van der Waals surface area contributed by atoms with E-state index in [1.54, 1.807) is 12.1 Å². The van der Waals surface area contributed by atoms with Crippen LogP contribution in [0.25, 0.3) is 17.4 Å². The zero-order valence-electron chi connectivity index (χ0n) is 11.6. The smallest absolute Gasteiger partial charge is 0.341 e. The Bertz CT molecular complexity index is 695. The van der Waals surface area contributed by atoms with E-state index < -0.39 is 5.97 Å².